The fraction of sp³-hybridized carbons (Fsp3) is 0.265. The SMILES string of the molecule is COc1ccccc1-c1nccc(COc2ccccc2CC(Oc2ccnc3sc(-c4ccc(F)cc4)c(-c4c(C)cc(OCCN5CCN(C)CC5)cc4C)c23)C(=O)O)n1. The molecule has 4 aromatic carbocycles. The summed E-state index contributed by atoms with van der Waals surface area (Å²) in [6, 6.07) is 28.8. The second kappa shape index (κ2) is 19.1. The molecule has 8 rings (SSSR count). The first kappa shape index (κ1) is 42.3. The first-order chi connectivity index (χ1) is 30.1. The number of para-hydroxylation sites is 2. The normalized spacial score (nSPS) is 13.8. The number of carboxylic acids is 1. The molecule has 1 unspecified atom stereocenters. The minimum absolute atomic E-state index is 0.00801. The van der Waals surface area contributed by atoms with E-state index in [9.17, 15) is 14.3 Å². The summed E-state index contributed by atoms with van der Waals surface area (Å²) < 4.78 is 38.9. The maximum Gasteiger partial charge on any atom is 0.345 e. The number of pyridine rings is 1. The molecular formula is C49H48FN5O6S. The molecule has 318 valence electrons. The number of carbonyl (C=O) groups is 1. The molecule has 1 aliphatic rings. The first-order valence-corrected chi connectivity index (χ1v) is 21.3. The standard InChI is InChI=1S/C49H48FN5O6S/c1-31-27-37(59-26-25-55-23-21-54(3)22-24-55)28-32(2)43(31)45-44-41(18-20-52-48(44)62-46(45)33-13-15-35(50)16-14-33)61-42(49(56)57)29-34-9-5-7-11-39(34)60-30-36-17-19-51-47(53-36)38-10-6-8-12-40(38)58-4/h5-20,27-28,42H,21-26,29-30H2,1-4H3,(H,56,57). The summed E-state index contributed by atoms with van der Waals surface area (Å²) in [6.45, 7) is 9.76. The number of hydrogen-bond donors (Lipinski definition) is 1. The average molecular weight is 854 g/mol. The number of rotatable bonds is 16. The number of carboxylic acid groups (broad SMARTS) is 1. The number of nitrogens with zero attached hydrogens (tertiary/aromatic N) is 5. The van der Waals surface area contributed by atoms with Gasteiger partial charge in [0, 0.05) is 62.0 Å². The fourth-order valence-corrected chi connectivity index (χ4v) is 9.01. The van der Waals surface area contributed by atoms with Crippen molar-refractivity contribution in [2.24, 2.45) is 0 Å². The molecule has 62 heavy (non-hydrogen) atoms. The van der Waals surface area contributed by atoms with Gasteiger partial charge < -0.3 is 29.0 Å². The number of methoxy groups -OCH3 is 1. The zero-order chi connectivity index (χ0) is 43.2. The third kappa shape index (κ3) is 9.55. The van der Waals surface area contributed by atoms with Crippen molar-refractivity contribution in [3.63, 3.8) is 0 Å². The molecular weight excluding hydrogens is 806 g/mol. The lowest BCUT2D eigenvalue weighted by atomic mass is 9.91. The van der Waals surface area contributed by atoms with Crippen LogP contribution >= 0.6 is 11.3 Å². The minimum atomic E-state index is -1.29. The number of benzene rings is 4. The van der Waals surface area contributed by atoms with Gasteiger partial charge in [-0.3, -0.25) is 4.90 Å². The van der Waals surface area contributed by atoms with Crippen LogP contribution in [0.5, 0.6) is 23.0 Å². The largest absolute Gasteiger partial charge is 0.496 e. The van der Waals surface area contributed by atoms with Gasteiger partial charge in [-0.25, -0.2) is 24.1 Å². The highest BCUT2D eigenvalue weighted by atomic mass is 32.1. The number of thiophene rings is 1. The number of piperazine rings is 1. The van der Waals surface area contributed by atoms with E-state index in [-0.39, 0.29) is 18.8 Å². The molecule has 1 atom stereocenters. The van der Waals surface area contributed by atoms with Gasteiger partial charge in [0.25, 0.3) is 0 Å². The fourth-order valence-electron chi connectivity index (χ4n) is 7.83. The van der Waals surface area contributed by atoms with E-state index < -0.39 is 12.1 Å². The van der Waals surface area contributed by atoms with Crippen LogP contribution in [0.4, 0.5) is 4.39 Å². The van der Waals surface area contributed by atoms with Gasteiger partial charge in [0.05, 0.1) is 23.8 Å². The predicted molar refractivity (Wildman–Crippen MR) is 240 cm³/mol. The van der Waals surface area contributed by atoms with Crippen LogP contribution in [0.2, 0.25) is 0 Å². The molecule has 0 amide bonds. The van der Waals surface area contributed by atoms with Crippen molar-refractivity contribution in [3.8, 4) is 56.0 Å². The first-order valence-electron chi connectivity index (χ1n) is 20.5. The molecule has 1 fully saturated rings. The maximum atomic E-state index is 14.2. The van der Waals surface area contributed by atoms with Crippen LogP contribution in [0.15, 0.2) is 109 Å². The number of aliphatic carboxylic acids is 1. The molecule has 3 aromatic heterocycles. The molecule has 0 bridgehead atoms. The van der Waals surface area contributed by atoms with Crippen LogP contribution < -0.4 is 18.9 Å². The smallest absolute Gasteiger partial charge is 0.345 e. The lowest BCUT2D eigenvalue weighted by molar-refractivity contribution is -0.145. The van der Waals surface area contributed by atoms with Crippen LogP contribution in [0, 0.1) is 19.7 Å². The zero-order valence-electron chi connectivity index (χ0n) is 35.1. The number of hydrogen-bond acceptors (Lipinski definition) is 11. The molecule has 0 spiro atoms. The van der Waals surface area contributed by atoms with Crippen molar-refractivity contribution in [2.45, 2.75) is 33.0 Å². The quantitative estimate of drug-likeness (QED) is 0.100. The van der Waals surface area contributed by atoms with E-state index in [2.05, 4.69) is 21.8 Å². The van der Waals surface area contributed by atoms with Gasteiger partial charge in [0.1, 0.15) is 46.9 Å². The Labute approximate surface area is 364 Å². The summed E-state index contributed by atoms with van der Waals surface area (Å²) in [4.78, 5) is 33.2. The molecule has 0 saturated carbocycles. The molecule has 7 aromatic rings. The molecule has 4 heterocycles. The molecule has 13 heteroatoms. The van der Waals surface area contributed by atoms with Crippen LogP contribution in [-0.4, -0.2) is 95.4 Å². The van der Waals surface area contributed by atoms with Gasteiger partial charge in [-0.15, -0.1) is 11.3 Å². The van der Waals surface area contributed by atoms with Crippen molar-refractivity contribution in [1.29, 1.82) is 0 Å². The van der Waals surface area contributed by atoms with Crippen molar-refractivity contribution < 1.29 is 33.2 Å². The monoisotopic (exact) mass is 853 g/mol. The topological polar surface area (TPSA) is 119 Å². The number of halogens is 1. The molecule has 1 N–H and O–H groups in total. The van der Waals surface area contributed by atoms with Crippen LogP contribution in [0.3, 0.4) is 0 Å². The third-order valence-corrected chi connectivity index (χ3v) is 12.2. The number of likely N-dealkylation sites (N-methyl/N-ethyl adjacent to an activating group) is 1. The van der Waals surface area contributed by atoms with Crippen molar-refractivity contribution in [2.75, 3.05) is 53.5 Å². The lowest BCUT2D eigenvalue weighted by Crippen LogP contribution is -2.45. The molecule has 11 nitrogen and oxygen atoms in total. The molecule has 0 radical (unpaired) electrons. The van der Waals surface area contributed by atoms with Crippen molar-refractivity contribution >= 4 is 27.5 Å². The Morgan fingerprint density at radius 1 is 0.839 bits per heavy atom. The summed E-state index contributed by atoms with van der Waals surface area (Å²) in [5, 5.41) is 11.3. The van der Waals surface area contributed by atoms with E-state index in [1.807, 2.05) is 68.4 Å². The van der Waals surface area contributed by atoms with E-state index in [4.69, 9.17) is 28.9 Å². The van der Waals surface area contributed by atoms with Crippen LogP contribution in [0.1, 0.15) is 22.4 Å². The van der Waals surface area contributed by atoms with Crippen LogP contribution in [0.25, 0.3) is 43.2 Å². The highest BCUT2D eigenvalue weighted by Crippen LogP contribution is 2.50. The summed E-state index contributed by atoms with van der Waals surface area (Å²) in [6.07, 6.45) is 2.01. The Hall–Kier alpha value is -6.41. The lowest BCUT2D eigenvalue weighted by Gasteiger charge is -2.32. The highest BCUT2D eigenvalue weighted by molar-refractivity contribution is 7.22. The van der Waals surface area contributed by atoms with E-state index in [1.165, 1.54) is 23.5 Å². The Morgan fingerprint density at radius 3 is 2.29 bits per heavy atom. The number of aromatic nitrogens is 3. The third-order valence-electron chi connectivity index (χ3n) is 11.0. The number of aryl methyl sites for hydroxylation is 2. The average Bonchev–Trinajstić information content (AvgIpc) is 3.66. The van der Waals surface area contributed by atoms with Gasteiger partial charge in [0.2, 0.25) is 0 Å². The molecule has 1 aliphatic heterocycles. The number of ether oxygens (including phenoxy) is 4. The molecule has 0 aliphatic carbocycles. The second-order valence-electron chi connectivity index (χ2n) is 15.3. The van der Waals surface area contributed by atoms with Gasteiger partial charge in [-0.2, -0.15) is 0 Å². The Bertz CT molecular complexity index is 2660. The van der Waals surface area contributed by atoms with Crippen molar-refractivity contribution in [3.05, 3.63) is 138 Å². The Kier molecular flexibility index (Phi) is 13.0. The van der Waals surface area contributed by atoms with Gasteiger partial charge in [0.15, 0.2) is 11.9 Å². The summed E-state index contributed by atoms with van der Waals surface area (Å²) in [7, 11) is 3.75. The maximum absolute atomic E-state index is 14.2. The predicted octanol–water partition coefficient (Wildman–Crippen LogP) is 9.13. The van der Waals surface area contributed by atoms with E-state index in [0.29, 0.717) is 51.2 Å². The summed E-state index contributed by atoms with van der Waals surface area (Å²) in [5.41, 5.74) is 6.57. The number of fused-ring (bicyclic) bond motifs is 1. The van der Waals surface area contributed by atoms with Gasteiger partial charge >= 0.3 is 5.97 Å². The van der Waals surface area contributed by atoms with Gasteiger partial charge in [-0.05, 0) is 103 Å². The van der Waals surface area contributed by atoms with Gasteiger partial charge in [-0.1, -0.05) is 42.5 Å². The Morgan fingerprint density at radius 2 is 1.55 bits per heavy atom. The highest BCUT2D eigenvalue weighted by Gasteiger charge is 2.28. The van der Waals surface area contributed by atoms with E-state index >= 15 is 0 Å². The summed E-state index contributed by atoms with van der Waals surface area (Å²) >= 11 is 1.45. The summed E-state index contributed by atoms with van der Waals surface area (Å²) in [5.74, 6) is 1.34. The zero-order valence-corrected chi connectivity index (χ0v) is 36.0. The Balaban J connectivity index is 1.08. The van der Waals surface area contributed by atoms with Crippen LogP contribution in [-0.2, 0) is 17.8 Å². The second-order valence-corrected chi connectivity index (χ2v) is 16.3. The van der Waals surface area contributed by atoms with Crippen molar-refractivity contribution in [1.82, 2.24) is 24.8 Å². The molecule has 1 saturated heterocycles. The minimum Gasteiger partial charge on any atom is -0.496 e. The van der Waals surface area contributed by atoms with E-state index in [1.54, 1.807) is 49.8 Å². The van der Waals surface area contributed by atoms with E-state index in [0.717, 1.165) is 76.7 Å².